The Morgan fingerprint density at radius 3 is 2.35 bits per heavy atom. The fourth-order valence-corrected chi connectivity index (χ4v) is 4.76. The normalized spacial score (nSPS) is 23.4. The summed E-state index contributed by atoms with van der Waals surface area (Å²) in [5.41, 5.74) is 0. The second-order valence-corrected chi connectivity index (χ2v) is 9.87. The van der Waals surface area contributed by atoms with E-state index < -0.39 is 0 Å². The molecule has 154 valence electrons. The van der Waals surface area contributed by atoms with Gasteiger partial charge in [0, 0.05) is 69.4 Å². The second kappa shape index (κ2) is 12.0. The minimum Gasteiger partial charge on any atom is -0.357 e. The van der Waals surface area contributed by atoms with E-state index in [2.05, 4.69) is 66.4 Å². The molecule has 0 bridgehead atoms. The molecule has 0 saturated carbocycles. The number of nitrogens with one attached hydrogen (secondary N) is 1. The molecule has 1 unspecified atom stereocenters. The molecule has 2 fully saturated rings. The maximum Gasteiger partial charge on any atom is 0.193 e. The van der Waals surface area contributed by atoms with Crippen molar-refractivity contribution in [3.05, 3.63) is 0 Å². The fraction of sp³-hybridized carbons (Fsp3) is 0.947. The molecule has 26 heavy (non-hydrogen) atoms. The summed E-state index contributed by atoms with van der Waals surface area (Å²) in [6.07, 6.45) is 0. The van der Waals surface area contributed by atoms with Gasteiger partial charge < -0.3 is 20.0 Å². The average Bonchev–Trinajstić information content (AvgIpc) is 2.58. The quantitative estimate of drug-likeness (QED) is 0.347. The Hall–Kier alpha value is 0.270. The van der Waals surface area contributed by atoms with Crippen molar-refractivity contribution in [1.29, 1.82) is 0 Å². The largest absolute Gasteiger partial charge is 0.357 e. The van der Waals surface area contributed by atoms with Gasteiger partial charge in [0.1, 0.15) is 0 Å². The van der Waals surface area contributed by atoms with Crippen molar-refractivity contribution in [3.63, 3.8) is 0 Å². The maximum absolute atomic E-state index is 4.98. The molecule has 0 amide bonds. The zero-order valence-corrected chi connectivity index (χ0v) is 20.6. The molecule has 0 aliphatic carbocycles. The third-order valence-electron chi connectivity index (χ3n) is 5.09. The molecule has 7 heteroatoms. The summed E-state index contributed by atoms with van der Waals surface area (Å²) in [6, 6.07) is 0. The molecule has 2 aliphatic rings. The zero-order valence-electron chi connectivity index (χ0n) is 17.5. The number of guanidine groups is 1. The SMILES string of the molecule is CCNC(=NCC(C)CN1CCN(CC)CC1)N1CCSC(C)(C)C1.I. The van der Waals surface area contributed by atoms with Gasteiger partial charge in [-0.3, -0.25) is 4.99 Å². The van der Waals surface area contributed by atoms with Crippen LogP contribution >= 0.6 is 35.7 Å². The highest BCUT2D eigenvalue weighted by Crippen LogP contribution is 2.29. The van der Waals surface area contributed by atoms with Crippen molar-refractivity contribution >= 4 is 41.7 Å². The van der Waals surface area contributed by atoms with Gasteiger partial charge in [-0.05, 0) is 33.2 Å². The number of halogens is 1. The number of nitrogens with zero attached hydrogens (tertiary/aromatic N) is 4. The first-order valence-corrected chi connectivity index (χ1v) is 11.0. The van der Waals surface area contributed by atoms with Crippen molar-refractivity contribution in [1.82, 2.24) is 20.0 Å². The summed E-state index contributed by atoms with van der Waals surface area (Å²) < 4.78 is 0.318. The van der Waals surface area contributed by atoms with Crippen molar-refractivity contribution in [2.24, 2.45) is 10.9 Å². The Morgan fingerprint density at radius 1 is 1.12 bits per heavy atom. The smallest absolute Gasteiger partial charge is 0.193 e. The van der Waals surface area contributed by atoms with Crippen LogP contribution in [-0.2, 0) is 0 Å². The number of piperazine rings is 1. The van der Waals surface area contributed by atoms with Crippen LogP contribution in [-0.4, -0.2) is 96.6 Å². The highest BCUT2D eigenvalue weighted by Gasteiger charge is 2.28. The molecule has 0 aromatic carbocycles. The zero-order chi connectivity index (χ0) is 18.3. The minimum atomic E-state index is 0. The van der Waals surface area contributed by atoms with Crippen LogP contribution in [0, 0.1) is 5.92 Å². The Labute approximate surface area is 182 Å². The summed E-state index contributed by atoms with van der Waals surface area (Å²) >= 11 is 2.07. The lowest BCUT2D eigenvalue weighted by Gasteiger charge is -2.39. The summed E-state index contributed by atoms with van der Waals surface area (Å²) in [5.74, 6) is 2.90. The van der Waals surface area contributed by atoms with E-state index in [1.54, 1.807) is 0 Å². The third-order valence-corrected chi connectivity index (χ3v) is 6.39. The first kappa shape index (κ1) is 24.3. The molecule has 0 aromatic rings. The van der Waals surface area contributed by atoms with Crippen LogP contribution in [0.1, 0.15) is 34.6 Å². The Balaban J connectivity index is 0.00000338. The number of thioether (sulfide) groups is 1. The number of likely N-dealkylation sites (N-methyl/N-ethyl adjacent to an activating group) is 1. The van der Waals surface area contributed by atoms with E-state index in [9.17, 15) is 0 Å². The predicted molar refractivity (Wildman–Crippen MR) is 127 cm³/mol. The molecular formula is C19H40IN5S. The van der Waals surface area contributed by atoms with Crippen LogP contribution in [0.25, 0.3) is 0 Å². The maximum atomic E-state index is 4.98. The number of rotatable bonds is 6. The standard InChI is InChI=1S/C19H39N5S.HI/c1-6-20-18(24-12-13-25-19(4,5)16-24)21-14-17(3)15-23-10-8-22(7-2)9-11-23;/h17H,6-16H2,1-5H3,(H,20,21);1H. The molecule has 2 heterocycles. The van der Waals surface area contributed by atoms with Crippen LogP contribution < -0.4 is 5.32 Å². The lowest BCUT2D eigenvalue weighted by Crippen LogP contribution is -2.51. The van der Waals surface area contributed by atoms with Crippen LogP contribution in [0.4, 0.5) is 0 Å². The summed E-state index contributed by atoms with van der Waals surface area (Å²) in [7, 11) is 0. The number of hydrogen-bond donors (Lipinski definition) is 1. The molecule has 5 nitrogen and oxygen atoms in total. The van der Waals surface area contributed by atoms with Gasteiger partial charge in [-0.25, -0.2) is 0 Å². The number of aliphatic imine (C=N–C) groups is 1. The van der Waals surface area contributed by atoms with Crippen molar-refractivity contribution in [2.75, 3.05) is 71.2 Å². The van der Waals surface area contributed by atoms with E-state index in [4.69, 9.17) is 4.99 Å². The van der Waals surface area contributed by atoms with Gasteiger partial charge in [0.15, 0.2) is 5.96 Å². The minimum absolute atomic E-state index is 0. The van der Waals surface area contributed by atoms with Crippen LogP contribution in [0.3, 0.4) is 0 Å². The Bertz CT molecular complexity index is 424. The summed E-state index contributed by atoms with van der Waals surface area (Å²) in [4.78, 5) is 12.6. The summed E-state index contributed by atoms with van der Waals surface area (Å²) in [5, 5.41) is 3.51. The molecule has 0 aromatic heterocycles. The van der Waals surface area contributed by atoms with Crippen LogP contribution in [0.5, 0.6) is 0 Å². The van der Waals surface area contributed by atoms with Crippen LogP contribution in [0.2, 0.25) is 0 Å². The highest BCUT2D eigenvalue weighted by molar-refractivity contribution is 14.0. The van der Waals surface area contributed by atoms with Crippen molar-refractivity contribution < 1.29 is 0 Å². The molecule has 0 radical (unpaired) electrons. The van der Waals surface area contributed by atoms with E-state index in [-0.39, 0.29) is 24.0 Å². The van der Waals surface area contributed by atoms with Crippen LogP contribution in [0.15, 0.2) is 4.99 Å². The molecule has 1 N–H and O–H groups in total. The Kier molecular flexibility index (Phi) is 11.2. The molecular weight excluding hydrogens is 457 g/mol. The molecule has 0 spiro atoms. The lowest BCUT2D eigenvalue weighted by molar-refractivity contribution is 0.125. The van der Waals surface area contributed by atoms with Gasteiger partial charge in [0.05, 0.1) is 0 Å². The lowest BCUT2D eigenvalue weighted by atomic mass is 10.1. The molecule has 2 aliphatic heterocycles. The fourth-order valence-electron chi connectivity index (χ4n) is 3.65. The molecule has 1 atom stereocenters. The van der Waals surface area contributed by atoms with E-state index in [0.29, 0.717) is 10.7 Å². The monoisotopic (exact) mass is 497 g/mol. The van der Waals surface area contributed by atoms with E-state index in [1.165, 1.54) is 45.0 Å². The van der Waals surface area contributed by atoms with Gasteiger partial charge in [-0.1, -0.05) is 13.8 Å². The van der Waals surface area contributed by atoms with Crippen molar-refractivity contribution in [3.8, 4) is 0 Å². The van der Waals surface area contributed by atoms with Gasteiger partial charge in [0.25, 0.3) is 0 Å². The van der Waals surface area contributed by atoms with Gasteiger partial charge in [0.2, 0.25) is 0 Å². The topological polar surface area (TPSA) is 34.1 Å². The first-order chi connectivity index (χ1) is 11.9. The van der Waals surface area contributed by atoms with E-state index in [1.807, 2.05) is 0 Å². The first-order valence-electron chi connectivity index (χ1n) is 10.1. The number of hydrogen-bond acceptors (Lipinski definition) is 4. The molecule has 2 rings (SSSR count). The average molecular weight is 498 g/mol. The van der Waals surface area contributed by atoms with Gasteiger partial charge in [-0.15, -0.1) is 24.0 Å². The summed E-state index contributed by atoms with van der Waals surface area (Å²) in [6.45, 7) is 22.7. The predicted octanol–water partition coefficient (Wildman–Crippen LogP) is 2.67. The van der Waals surface area contributed by atoms with Gasteiger partial charge in [-0.2, -0.15) is 11.8 Å². The second-order valence-electron chi connectivity index (χ2n) is 8.06. The highest BCUT2D eigenvalue weighted by atomic mass is 127. The van der Waals surface area contributed by atoms with E-state index in [0.717, 1.165) is 32.1 Å². The van der Waals surface area contributed by atoms with Gasteiger partial charge >= 0.3 is 0 Å². The third kappa shape index (κ3) is 8.10. The molecule has 2 saturated heterocycles. The van der Waals surface area contributed by atoms with Crippen molar-refractivity contribution in [2.45, 2.75) is 39.4 Å². The Morgan fingerprint density at radius 2 is 1.77 bits per heavy atom. The van der Waals surface area contributed by atoms with E-state index >= 15 is 0 Å².